The summed E-state index contributed by atoms with van der Waals surface area (Å²) in [6, 6.07) is 2.24. The number of nitrogens with zero attached hydrogens (tertiary/aromatic N) is 5. The zero-order valence-corrected chi connectivity index (χ0v) is 14.3. The minimum Gasteiger partial charge on any atom is -0.326 e. The van der Waals surface area contributed by atoms with Gasteiger partial charge in [-0.2, -0.15) is 5.10 Å². The molecule has 0 N–H and O–H groups in total. The molecule has 0 fully saturated rings. The van der Waals surface area contributed by atoms with Crippen LogP contribution in [-0.2, 0) is 20.1 Å². The number of imidazole rings is 1. The molecule has 0 radical (unpaired) electrons. The molecule has 0 amide bonds. The number of hydrogen-bond donors (Lipinski definition) is 0. The first kappa shape index (κ1) is 15.0. The summed E-state index contributed by atoms with van der Waals surface area (Å²) in [5.74, 6) is 1.03. The van der Waals surface area contributed by atoms with Gasteiger partial charge in [0.1, 0.15) is 5.82 Å². The van der Waals surface area contributed by atoms with Gasteiger partial charge in [0.15, 0.2) is 0 Å². The SMILES string of the molecule is Cc1c(Cn2ccnc2-c2cc(CN(C)C)cs2)cnn1C. The summed E-state index contributed by atoms with van der Waals surface area (Å²) >= 11 is 1.75. The molecule has 0 aliphatic carbocycles. The van der Waals surface area contributed by atoms with Gasteiger partial charge in [-0.1, -0.05) is 0 Å². The van der Waals surface area contributed by atoms with Crippen molar-refractivity contribution in [1.29, 1.82) is 0 Å². The molecule has 116 valence electrons. The van der Waals surface area contributed by atoms with Crippen molar-refractivity contribution in [3.63, 3.8) is 0 Å². The molecule has 0 aliphatic heterocycles. The number of hydrogen-bond acceptors (Lipinski definition) is 4. The van der Waals surface area contributed by atoms with E-state index in [-0.39, 0.29) is 0 Å². The van der Waals surface area contributed by atoms with Crippen LogP contribution < -0.4 is 0 Å². The fourth-order valence-corrected chi connectivity index (χ4v) is 3.40. The third kappa shape index (κ3) is 2.98. The molecule has 0 atom stereocenters. The van der Waals surface area contributed by atoms with Crippen LogP contribution >= 0.6 is 11.3 Å². The van der Waals surface area contributed by atoms with Crippen LogP contribution in [0.1, 0.15) is 16.8 Å². The zero-order chi connectivity index (χ0) is 15.7. The summed E-state index contributed by atoms with van der Waals surface area (Å²) in [4.78, 5) is 7.93. The van der Waals surface area contributed by atoms with Crippen molar-refractivity contribution >= 4 is 11.3 Å². The van der Waals surface area contributed by atoms with Crippen molar-refractivity contribution < 1.29 is 0 Å². The van der Waals surface area contributed by atoms with E-state index in [1.807, 2.05) is 30.3 Å². The molecule has 0 unspecified atom stereocenters. The first-order valence-electron chi connectivity index (χ1n) is 7.25. The summed E-state index contributed by atoms with van der Waals surface area (Å²) in [5, 5.41) is 6.53. The van der Waals surface area contributed by atoms with Crippen LogP contribution in [0.3, 0.4) is 0 Å². The third-order valence-electron chi connectivity index (χ3n) is 3.77. The number of aryl methyl sites for hydroxylation is 1. The monoisotopic (exact) mass is 315 g/mol. The molecule has 0 spiro atoms. The smallest absolute Gasteiger partial charge is 0.150 e. The van der Waals surface area contributed by atoms with Crippen molar-refractivity contribution in [3.8, 4) is 10.7 Å². The Labute approximate surface area is 134 Å². The number of aromatic nitrogens is 4. The summed E-state index contributed by atoms with van der Waals surface area (Å²) in [7, 11) is 6.15. The fraction of sp³-hybridized carbons (Fsp3) is 0.375. The Balaban J connectivity index is 1.86. The lowest BCUT2D eigenvalue weighted by atomic mass is 10.2. The van der Waals surface area contributed by atoms with Crippen LogP contribution in [-0.4, -0.2) is 38.3 Å². The second-order valence-corrected chi connectivity index (χ2v) is 6.73. The highest BCUT2D eigenvalue weighted by Crippen LogP contribution is 2.27. The highest BCUT2D eigenvalue weighted by molar-refractivity contribution is 7.13. The van der Waals surface area contributed by atoms with Crippen LogP contribution in [0.15, 0.2) is 30.0 Å². The van der Waals surface area contributed by atoms with Gasteiger partial charge >= 0.3 is 0 Å². The van der Waals surface area contributed by atoms with Gasteiger partial charge in [0.05, 0.1) is 17.6 Å². The van der Waals surface area contributed by atoms with E-state index in [0.29, 0.717) is 0 Å². The van der Waals surface area contributed by atoms with E-state index in [0.717, 1.165) is 18.9 Å². The Bertz CT molecular complexity index is 765. The third-order valence-corrected chi connectivity index (χ3v) is 4.74. The second kappa shape index (κ2) is 6.06. The molecule has 5 nitrogen and oxygen atoms in total. The topological polar surface area (TPSA) is 38.9 Å². The Hall–Kier alpha value is -1.92. The molecular weight excluding hydrogens is 294 g/mol. The highest BCUT2D eigenvalue weighted by atomic mass is 32.1. The minimum atomic E-state index is 0.802. The van der Waals surface area contributed by atoms with Crippen LogP contribution in [0.5, 0.6) is 0 Å². The lowest BCUT2D eigenvalue weighted by Gasteiger charge is -2.07. The lowest BCUT2D eigenvalue weighted by Crippen LogP contribution is -2.09. The van der Waals surface area contributed by atoms with Gasteiger partial charge in [-0.3, -0.25) is 4.68 Å². The quantitative estimate of drug-likeness (QED) is 0.727. The van der Waals surface area contributed by atoms with Crippen LogP contribution in [0.2, 0.25) is 0 Å². The van der Waals surface area contributed by atoms with Crippen molar-refractivity contribution in [1.82, 2.24) is 24.2 Å². The summed E-state index contributed by atoms with van der Waals surface area (Å²) in [6.07, 6.45) is 5.84. The number of thiophene rings is 1. The maximum Gasteiger partial charge on any atom is 0.150 e. The molecule has 6 heteroatoms. The van der Waals surface area contributed by atoms with Crippen molar-refractivity contribution in [3.05, 3.63) is 46.9 Å². The molecular formula is C16H21N5S. The first-order valence-corrected chi connectivity index (χ1v) is 8.13. The fourth-order valence-electron chi connectivity index (χ4n) is 2.49. The van der Waals surface area contributed by atoms with Gasteiger partial charge in [0.2, 0.25) is 0 Å². The molecule has 0 bridgehead atoms. The molecule has 3 aromatic rings. The van der Waals surface area contributed by atoms with Crippen molar-refractivity contribution in [2.24, 2.45) is 7.05 Å². The summed E-state index contributed by atoms with van der Waals surface area (Å²) < 4.78 is 4.10. The molecule has 0 aliphatic rings. The standard InChI is InChI=1S/C16H21N5S/c1-12-14(8-18-20(12)4)10-21-6-5-17-16(21)15-7-13(11-22-15)9-19(2)3/h5-8,11H,9-10H2,1-4H3. The zero-order valence-electron chi connectivity index (χ0n) is 13.4. The number of rotatable bonds is 5. The molecule has 3 rings (SSSR count). The van der Waals surface area contributed by atoms with Crippen molar-refractivity contribution in [2.45, 2.75) is 20.0 Å². The Kier molecular flexibility index (Phi) is 4.13. The predicted molar refractivity (Wildman–Crippen MR) is 90.0 cm³/mol. The van der Waals surface area contributed by atoms with Crippen LogP contribution in [0.25, 0.3) is 10.7 Å². The largest absolute Gasteiger partial charge is 0.326 e. The van der Waals surface area contributed by atoms with E-state index in [1.54, 1.807) is 11.3 Å². The van der Waals surface area contributed by atoms with Gasteiger partial charge < -0.3 is 9.47 Å². The van der Waals surface area contributed by atoms with E-state index >= 15 is 0 Å². The molecule has 0 aromatic carbocycles. The van der Waals surface area contributed by atoms with Crippen LogP contribution in [0.4, 0.5) is 0 Å². The molecule has 3 aromatic heterocycles. The minimum absolute atomic E-state index is 0.802. The first-order chi connectivity index (χ1) is 10.5. The maximum absolute atomic E-state index is 4.54. The molecule has 3 heterocycles. The van der Waals surface area contributed by atoms with Crippen LogP contribution in [0, 0.1) is 6.92 Å². The summed E-state index contributed by atoms with van der Waals surface area (Å²) in [6.45, 7) is 3.86. The van der Waals surface area contributed by atoms with E-state index in [2.05, 4.69) is 52.0 Å². The summed E-state index contributed by atoms with van der Waals surface area (Å²) in [5.41, 5.74) is 3.75. The normalized spacial score (nSPS) is 11.5. The average molecular weight is 315 g/mol. The van der Waals surface area contributed by atoms with Gasteiger partial charge in [-0.05, 0) is 38.0 Å². The maximum atomic E-state index is 4.54. The van der Waals surface area contributed by atoms with Gasteiger partial charge in [0, 0.05) is 37.2 Å². The Morgan fingerprint density at radius 3 is 2.82 bits per heavy atom. The van der Waals surface area contributed by atoms with Gasteiger partial charge in [-0.25, -0.2) is 4.98 Å². The Morgan fingerprint density at radius 1 is 1.32 bits per heavy atom. The Morgan fingerprint density at radius 2 is 2.14 bits per heavy atom. The molecule has 0 saturated heterocycles. The lowest BCUT2D eigenvalue weighted by molar-refractivity contribution is 0.403. The molecule has 22 heavy (non-hydrogen) atoms. The van der Waals surface area contributed by atoms with E-state index in [4.69, 9.17) is 0 Å². The van der Waals surface area contributed by atoms with E-state index in [1.165, 1.54) is 21.7 Å². The highest BCUT2D eigenvalue weighted by Gasteiger charge is 2.12. The second-order valence-electron chi connectivity index (χ2n) is 5.81. The van der Waals surface area contributed by atoms with E-state index in [9.17, 15) is 0 Å². The molecule has 0 saturated carbocycles. The van der Waals surface area contributed by atoms with Crippen molar-refractivity contribution in [2.75, 3.05) is 14.1 Å². The average Bonchev–Trinajstić information content (AvgIpc) is 3.16. The predicted octanol–water partition coefficient (Wildman–Crippen LogP) is 2.76. The van der Waals surface area contributed by atoms with Gasteiger partial charge in [0.25, 0.3) is 0 Å². The van der Waals surface area contributed by atoms with E-state index < -0.39 is 0 Å². The van der Waals surface area contributed by atoms with Gasteiger partial charge in [-0.15, -0.1) is 11.3 Å².